The van der Waals surface area contributed by atoms with Crippen molar-refractivity contribution in [1.29, 1.82) is 0 Å². The Labute approximate surface area is 132 Å². The van der Waals surface area contributed by atoms with Gasteiger partial charge in [0.2, 0.25) is 0 Å². The van der Waals surface area contributed by atoms with Crippen molar-refractivity contribution in [3.63, 3.8) is 0 Å². The molecule has 2 heterocycles. The summed E-state index contributed by atoms with van der Waals surface area (Å²) in [5, 5.41) is 3.35. The topological polar surface area (TPSA) is 49.4 Å². The molecule has 4 nitrogen and oxygen atoms in total. The van der Waals surface area contributed by atoms with Crippen LogP contribution in [0, 0.1) is 0 Å². The van der Waals surface area contributed by atoms with E-state index in [4.69, 9.17) is 0 Å². The largest absolute Gasteiger partial charge is 0.316 e. The van der Waals surface area contributed by atoms with Crippen LogP contribution in [0.2, 0.25) is 0 Å². The predicted octanol–water partition coefficient (Wildman–Crippen LogP) is 2.85. The van der Waals surface area contributed by atoms with Crippen LogP contribution in [0.3, 0.4) is 0 Å². The van der Waals surface area contributed by atoms with Gasteiger partial charge in [0.25, 0.3) is 10.0 Å². The molecule has 1 aromatic rings. The van der Waals surface area contributed by atoms with E-state index < -0.39 is 10.0 Å². The Morgan fingerprint density at radius 1 is 1.14 bits per heavy atom. The van der Waals surface area contributed by atoms with Crippen molar-refractivity contribution in [3.05, 3.63) is 17.0 Å². The van der Waals surface area contributed by atoms with E-state index >= 15 is 0 Å². The zero-order valence-corrected chi connectivity index (χ0v) is 14.4. The fourth-order valence-electron chi connectivity index (χ4n) is 2.55. The Morgan fingerprint density at radius 3 is 2.52 bits per heavy atom. The minimum atomic E-state index is -3.27. The van der Waals surface area contributed by atoms with Crippen LogP contribution < -0.4 is 5.32 Å². The first-order chi connectivity index (χ1) is 10.1. The van der Waals surface area contributed by atoms with Gasteiger partial charge >= 0.3 is 0 Å². The number of thiophene rings is 1. The molecule has 2 rings (SSSR count). The molecular weight excluding hydrogens is 304 g/mol. The first-order valence-electron chi connectivity index (χ1n) is 7.94. The lowest BCUT2D eigenvalue weighted by molar-refractivity contribution is 0.425. The SMILES string of the molecule is CCCNCCc1ccc(S(=O)(=O)N2CCCCCC2)s1. The molecule has 0 aromatic carbocycles. The Balaban J connectivity index is 1.98. The molecule has 6 heteroatoms. The van der Waals surface area contributed by atoms with Gasteiger partial charge in [-0.15, -0.1) is 11.3 Å². The quantitative estimate of drug-likeness (QED) is 0.782. The van der Waals surface area contributed by atoms with Gasteiger partial charge < -0.3 is 5.32 Å². The maximum absolute atomic E-state index is 12.7. The van der Waals surface area contributed by atoms with Crippen LogP contribution in [0.25, 0.3) is 0 Å². The molecule has 0 aliphatic carbocycles. The molecule has 1 aliphatic heterocycles. The second-order valence-corrected chi connectivity index (χ2v) is 8.87. The fraction of sp³-hybridized carbons (Fsp3) is 0.733. The molecule has 0 unspecified atom stereocenters. The predicted molar refractivity (Wildman–Crippen MR) is 88.4 cm³/mol. The summed E-state index contributed by atoms with van der Waals surface area (Å²) in [4.78, 5) is 1.15. The van der Waals surface area contributed by atoms with Gasteiger partial charge in [-0.05, 0) is 50.9 Å². The Bertz CT molecular complexity index is 518. The minimum Gasteiger partial charge on any atom is -0.316 e. The van der Waals surface area contributed by atoms with Gasteiger partial charge in [0.15, 0.2) is 0 Å². The van der Waals surface area contributed by atoms with E-state index in [1.54, 1.807) is 10.4 Å². The second kappa shape index (κ2) is 8.27. The van der Waals surface area contributed by atoms with Crippen molar-refractivity contribution < 1.29 is 8.42 Å². The smallest absolute Gasteiger partial charge is 0.252 e. The van der Waals surface area contributed by atoms with Crippen LogP contribution in [0.4, 0.5) is 0 Å². The fourth-order valence-corrected chi connectivity index (χ4v) is 5.58. The summed E-state index contributed by atoms with van der Waals surface area (Å²) in [6.45, 7) is 5.42. The molecular formula is C15H26N2O2S2. The third-order valence-electron chi connectivity index (χ3n) is 3.77. The number of hydrogen-bond acceptors (Lipinski definition) is 4. The van der Waals surface area contributed by atoms with E-state index in [1.165, 1.54) is 11.3 Å². The molecule has 0 amide bonds. The molecule has 21 heavy (non-hydrogen) atoms. The van der Waals surface area contributed by atoms with E-state index in [-0.39, 0.29) is 0 Å². The second-order valence-electron chi connectivity index (χ2n) is 5.54. The molecule has 0 atom stereocenters. The Hall–Kier alpha value is -0.430. The summed E-state index contributed by atoms with van der Waals surface area (Å²) in [7, 11) is -3.27. The average molecular weight is 331 g/mol. The lowest BCUT2D eigenvalue weighted by Crippen LogP contribution is -2.31. The van der Waals surface area contributed by atoms with Crippen molar-refractivity contribution in [2.75, 3.05) is 26.2 Å². The highest BCUT2D eigenvalue weighted by molar-refractivity contribution is 7.91. The van der Waals surface area contributed by atoms with Gasteiger partial charge in [0, 0.05) is 18.0 Å². The molecule has 1 aromatic heterocycles. The molecule has 1 fully saturated rings. The lowest BCUT2D eigenvalue weighted by atomic mass is 10.2. The number of rotatable bonds is 7. The molecule has 1 saturated heterocycles. The molecule has 1 N–H and O–H groups in total. The van der Waals surface area contributed by atoms with Crippen molar-refractivity contribution in [1.82, 2.24) is 9.62 Å². The number of hydrogen-bond donors (Lipinski definition) is 1. The minimum absolute atomic E-state index is 0.509. The average Bonchev–Trinajstić information content (AvgIpc) is 2.77. The summed E-state index contributed by atoms with van der Waals surface area (Å²) in [6.07, 6.45) is 6.28. The van der Waals surface area contributed by atoms with E-state index in [9.17, 15) is 8.42 Å². The third kappa shape index (κ3) is 4.77. The molecule has 0 saturated carbocycles. The zero-order valence-electron chi connectivity index (χ0n) is 12.8. The van der Waals surface area contributed by atoms with Gasteiger partial charge in [-0.2, -0.15) is 4.31 Å². The maximum Gasteiger partial charge on any atom is 0.252 e. The van der Waals surface area contributed by atoms with Gasteiger partial charge in [-0.1, -0.05) is 19.8 Å². The maximum atomic E-state index is 12.7. The third-order valence-corrected chi connectivity index (χ3v) is 7.28. The van der Waals surface area contributed by atoms with Gasteiger partial charge in [0.1, 0.15) is 4.21 Å². The van der Waals surface area contributed by atoms with Crippen molar-refractivity contribution in [2.45, 2.75) is 49.7 Å². The number of sulfonamides is 1. The lowest BCUT2D eigenvalue weighted by Gasteiger charge is -2.18. The molecule has 0 spiro atoms. The summed E-state index contributed by atoms with van der Waals surface area (Å²) in [5.41, 5.74) is 0. The highest BCUT2D eigenvalue weighted by Gasteiger charge is 2.26. The first-order valence-corrected chi connectivity index (χ1v) is 10.2. The first kappa shape index (κ1) is 16.9. The van der Waals surface area contributed by atoms with Crippen molar-refractivity contribution >= 4 is 21.4 Å². The van der Waals surface area contributed by atoms with E-state index in [0.717, 1.165) is 56.5 Å². The van der Waals surface area contributed by atoms with E-state index in [1.807, 2.05) is 6.07 Å². The van der Waals surface area contributed by atoms with Crippen LogP contribution in [-0.4, -0.2) is 38.9 Å². The monoisotopic (exact) mass is 330 g/mol. The summed E-state index contributed by atoms with van der Waals surface area (Å²) < 4.78 is 27.5. The van der Waals surface area contributed by atoms with E-state index in [0.29, 0.717) is 17.3 Å². The Kier molecular flexibility index (Phi) is 6.67. The summed E-state index contributed by atoms with van der Waals surface area (Å²) in [5.74, 6) is 0. The molecule has 0 radical (unpaired) electrons. The normalized spacial score (nSPS) is 17.8. The van der Waals surface area contributed by atoms with E-state index in [2.05, 4.69) is 12.2 Å². The van der Waals surface area contributed by atoms with Crippen LogP contribution in [0.5, 0.6) is 0 Å². The van der Waals surface area contributed by atoms with Crippen LogP contribution in [-0.2, 0) is 16.4 Å². The number of nitrogens with zero attached hydrogens (tertiary/aromatic N) is 1. The molecule has 120 valence electrons. The van der Waals surface area contributed by atoms with Crippen LogP contribution in [0.15, 0.2) is 16.3 Å². The van der Waals surface area contributed by atoms with Crippen molar-refractivity contribution in [3.8, 4) is 0 Å². The highest BCUT2D eigenvalue weighted by atomic mass is 32.2. The zero-order chi connectivity index (χ0) is 15.1. The number of nitrogens with one attached hydrogen (secondary N) is 1. The van der Waals surface area contributed by atoms with Crippen LogP contribution >= 0.6 is 11.3 Å². The standard InChI is InChI=1S/C15H26N2O2S2/c1-2-10-16-11-9-14-7-8-15(20-14)21(18,19)17-12-5-3-4-6-13-17/h7-8,16H,2-6,9-13H2,1H3. The summed E-state index contributed by atoms with van der Waals surface area (Å²) in [6, 6.07) is 3.74. The molecule has 1 aliphatic rings. The van der Waals surface area contributed by atoms with Gasteiger partial charge in [0.05, 0.1) is 0 Å². The molecule has 0 bridgehead atoms. The van der Waals surface area contributed by atoms with Crippen molar-refractivity contribution in [2.24, 2.45) is 0 Å². The Morgan fingerprint density at radius 2 is 1.86 bits per heavy atom. The van der Waals surface area contributed by atoms with Crippen LogP contribution in [0.1, 0.15) is 43.9 Å². The van der Waals surface area contributed by atoms with Gasteiger partial charge in [-0.3, -0.25) is 0 Å². The van der Waals surface area contributed by atoms with Gasteiger partial charge in [-0.25, -0.2) is 8.42 Å². The highest BCUT2D eigenvalue weighted by Crippen LogP contribution is 2.26. The summed E-state index contributed by atoms with van der Waals surface area (Å²) >= 11 is 1.43.